The largest absolute Gasteiger partial charge is 0.454 e. The Morgan fingerprint density at radius 3 is 2.20 bits per heavy atom. The number of nitrogens with zero attached hydrogens (tertiary/aromatic N) is 1. The number of hydrogen-bond acceptors (Lipinski definition) is 3. The van der Waals surface area contributed by atoms with E-state index in [0.29, 0.717) is 18.0 Å². The van der Waals surface area contributed by atoms with Crippen LogP contribution in [-0.4, -0.2) is 19.6 Å². The molecule has 0 aromatic heterocycles. The third-order valence-corrected chi connectivity index (χ3v) is 5.20. The SMILES string of the molecule is CCC(OC#N)Oc1ccc(C(C(C)C)P(C)C)cc1. The van der Waals surface area contributed by atoms with Gasteiger partial charge in [-0.3, -0.25) is 0 Å². The third-order valence-electron chi connectivity index (χ3n) is 3.19. The molecule has 0 saturated carbocycles. The predicted octanol–water partition coefficient (Wildman–Crippen LogP) is 4.74. The number of benzene rings is 1. The standard InChI is InChI=1S/C16H24NO2P/c1-6-15(18-11-17)19-14-9-7-13(8-10-14)16(12(2)3)20(4)5/h7-10,12,15-16H,6H2,1-5H3. The van der Waals surface area contributed by atoms with E-state index in [-0.39, 0.29) is 7.92 Å². The summed E-state index contributed by atoms with van der Waals surface area (Å²) in [6, 6.07) is 8.18. The molecule has 0 aliphatic carbocycles. The van der Waals surface area contributed by atoms with Crippen LogP contribution in [0, 0.1) is 17.4 Å². The Labute approximate surface area is 123 Å². The maximum Gasteiger partial charge on any atom is 0.289 e. The van der Waals surface area contributed by atoms with Gasteiger partial charge in [0, 0.05) is 12.1 Å². The van der Waals surface area contributed by atoms with Crippen LogP contribution in [0.1, 0.15) is 38.4 Å². The highest BCUT2D eigenvalue weighted by Gasteiger charge is 2.19. The van der Waals surface area contributed by atoms with E-state index in [0.717, 1.165) is 5.75 Å². The van der Waals surface area contributed by atoms with Crippen molar-refractivity contribution in [3.05, 3.63) is 29.8 Å². The van der Waals surface area contributed by atoms with Crippen molar-refractivity contribution in [2.45, 2.75) is 39.1 Å². The smallest absolute Gasteiger partial charge is 0.289 e. The fourth-order valence-electron chi connectivity index (χ4n) is 2.42. The van der Waals surface area contributed by atoms with Crippen molar-refractivity contribution >= 4 is 7.92 Å². The average Bonchev–Trinajstić information content (AvgIpc) is 2.39. The minimum Gasteiger partial charge on any atom is -0.454 e. The van der Waals surface area contributed by atoms with Crippen LogP contribution < -0.4 is 4.74 Å². The Balaban J connectivity index is 2.80. The monoisotopic (exact) mass is 293 g/mol. The Morgan fingerprint density at radius 2 is 1.80 bits per heavy atom. The van der Waals surface area contributed by atoms with Crippen molar-refractivity contribution in [3.8, 4) is 12.0 Å². The molecule has 1 aromatic rings. The second kappa shape index (κ2) is 8.12. The number of rotatable bonds is 7. The third kappa shape index (κ3) is 4.69. The Kier molecular flexibility index (Phi) is 6.82. The molecule has 0 fully saturated rings. The van der Waals surface area contributed by atoms with E-state index in [1.54, 1.807) is 6.26 Å². The van der Waals surface area contributed by atoms with E-state index >= 15 is 0 Å². The molecule has 2 atom stereocenters. The lowest BCUT2D eigenvalue weighted by atomic mass is 10.0. The quantitative estimate of drug-likeness (QED) is 0.414. The van der Waals surface area contributed by atoms with Gasteiger partial charge in [-0.2, -0.15) is 5.26 Å². The summed E-state index contributed by atoms with van der Waals surface area (Å²) in [5.74, 6) is 1.38. The molecule has 2 unspecified atom stereocenters. The van der Waals surface area contributed by atoms with Crippen LogP contribution in [0.15, 0.2) is 24.3 Å². The van der Waals surface area contributed by atoms with Gasteiger partial charge in [-0.15, -0.1) is 7.92 Å². The first-order valence-electron chi connectivity index (χ1n) is 6.97. The number of ether oxygens (including phenoxy) is 2. The highest BCUT2D eigenvalue weighted by Crippen LogP contribution is 2.49. The zero-order chi connectivity index (χ0) is 15.1. The van der Waals surface area contributed by atoms with Gasteiger partial charge >= 0.3 is 0 Å². The second-order valence-electron chi connectivity index (χ2n) is 5.39. The average molecular weight is 293 g/mol. The first kappa shape index (κ1) is 16.8. The van der Waals surface area contributed by atoms with Crippen LogP contribution in [-0.2, 0) is 4.74 Å². The van der Waals surface area contributed by atoms with E-state index in [2.05, 4.69) is 39.3 Å². The molecular weight excluding hydrogens is 269 g/mol. The van der Waals surface area contributed by atoms with Crippen molar-refractivity contribution in [1.29, 1.82) is 5.26 Å². The Bertz CT molecular complexity index is 429. The summed E-state index contributed by atoms with van der Waals surface area (Å²) in [4.78, 5) is 0. The molecule has 1 rings (SSSR count). The molecule has 0 spiro atoms. The first-order valence-corrected chi connectivity index (χ1v) is 9.27. The lowest BCUT2D eigenvalue weighted by Gasteiger charge is -2.26. The van der Waals surface area contributed by atoms with Crippen LogP contribution in [0.5, 0.6) is 5.75 Å². The van der Waals surface area contributed by atoms with Gasteiger partial charge in [-0.05, 0) is 36.9 Å². The first-order chi connectivity index (χ1) is 9.49. The van der Waals surface area contributed by atoms with Gasteiger partial charge in [0.15, 0.2) is 0 Å². The summed E-state index contributed by atoms with van der Waals surface area (Å²) in [5.41, 5.74) is 1.97. The van der Waals surface area contributed by atoms with Gasteiger partial charge in [-0.1, -0.05) is 32.9 Å². The molecule has 3 nitrogen and oxygen atoms in total. The van der Waals surface area contributed by atoms with Gasteiger partial charge in [0.1, 0.15) is 5.75 Å². The normalized spacial score (nSPS) is 13.9. The molecule has 20 heavy (non-hydrogen) atoms. The molecule has 1 aromatic carbocycles. The molecule has 0 heterocycles. The fourth-order valence-corrected chi connectivity index (χ4v) is 4.39. The van der Waals surface area contributed by atoms with Crippen molar-refractivity contribution in [1.82, 2.24) is 0 Å². The fraction of sp³-hybridized carbons (Fsp3) is 0.562. The van der Waals surface area contributed by atoms with Crippen LogP contribution in [0.2, 0.25) is 0 Å². The molecule has 0 aliphatic heterocycles. The van der Waals surface area contributed by atoms with E-state index in [9.17, 15) is 0 Å². The zero-order valence-electron chi connectivity index (χ0n) is 13.0. The maximum atomic E-state index is 8.53. The van der Waals surface area contributed by atoms with E-state index in [4.69, 9.17) is 14.7 Å². The van der Waals surface area contributed by atoms with Crippen molar-refractivity contribution < 1.29 is 9.47 Å². The molecule has 0 aliphatic rings. The molecule has 0 amide bonds. The van der Waals surface area contributed by atoms with Crippen LogP contribution in [0.3, 0.4) is 0 Å². The van der Waals surface area contributed by atoms with Crippen molar-refractivity contribution in [2.24, 2.45) is 5.92 Å². The summed E-state index contributed by atoms with van der Waals surface area (Å²) in [6.07, 6.45) is 1.82. The van der Waals surface area contributed by atoms with Gasteiger partial charge in [0.25, 0.3) is 12.5 Å². The van der Waals surface area contributed by atoms with Crippen molar-refractivity contribution in [2.75, 3.05) is 13.3 Å². The minimum absolute atomic E-state index is 0.0234. The summed E-state index contributed by atoms with van der Waals surface area (Å²) in [7, 11) is -0.0234. The van der Waals surface area contributed by atoms with Crippen LogP contribution >= 0.6 is 7.92 Å². The lowest BCUT2D eigenvalue weighted by Crippen LogP contribution is -2.17. The molecule has 0 saturated heterocycles. The molecule has 4 heteroatoms. The summed E-state index contributed by atoms with van der Waals surface area (Å²) >= 11 is 0. The lowest BCUT2D eigenvalue weighted by molar-refractivity contribution is -0.0218. The maximum absolute atomic E-state index is 8.53. The highest BCUT2D eigenvalue weighted by atomic mass is 31.1. The molecule has 0 bridgehead atoms. The van der Waals surface area contributed by atoms with Gasteiger partial charge in [-0.25, -0.2) is 0 Å². The highest BCUT2D eigenvalue weighted by molar-refractivity contribution is 7.56. The zero-order valence-corrected chi connectivity index (χ0v) is 13.9. The van der Waals surface area contributed by atoms with Gasteiger partial charge in [0.05, 0.1) is 0 Å². The Hall–Kier alpha value is -1.26. The topological polar surface area (TPSA) is 42.2 Å². The Morgan fingerprint density at radius 1 is 1.20 bits per heavy atom. The molecule has 0 radical (unpaired) electrons. The summed E-state index contributed by atoms with van der Waals surface area (Å²) in [6.45, 7) is 11.1. The number of nitriles is 1. The van der Waals surface area contributed by atoms with Crippen molar-refractivity contribution in [3.63, 3.8) is 0 Å². The number of hydrogen-bond donors (Lipinski definition) is 0. The van der Waals surface area contributed by atoms with Crippen LogP contribution in [0.4, 0.5) is 0 Å². The van der Waals surface area contributed by atoms with Crippen LogP contribution in [0.25, 0.3) is 0 Å². The van der Waals surface area contributed by atoms with Gasteiger partial charge in [0.2, 0.25) is 0 Å². The van der Waals surface area contributed by atoms with E-state index in [1.165, 1.54) is 5.56 Å². The molecular formula is C16H24NO2P. The van der Waals surface area contributed by atoms with E-state index < -0.39 is 6.29 Å². The second-order valence-corrected chi connectivity index (χ2v) is 7.87. The van der Waals surface area contributed by atoms with Gasteiger partial charge < -0.3 is 9.47 Å². The predicted molar refractivity (Wildman–Crippen MR) is 84.2 cm³/mol. The minimum atomic E-state index is -0.499. The summed E-state index contributed by atoms with van der Waals surface area (Å²) < 4.78 is 10.5. The molecule has 110 valence electrons. The summed E-state index contributed by atoms with van der Waals surface area (Å²) in [5, 5.41) is 8.53. The molecule has 0 N–H and O–H groups in total. The van der Waals surface area contributed by atoms with E-state index in [1.807, 2.05) is 19.1 Å².